The second-order valence-electron chi connectivity index (χ2n) is 12.6. The van der Waals surface area contributed by atoms with Crippen molar-refractivity contribution in [3.8, 4) is 5.75 Å². The zero-order chi connectivity index (χ0) is 34.5. The molecule has 0 saturated carbocycles. The van der Waals surface area contributed by atoms with Gasteiger partial charge in [-0.3, -0.25) is 4.79 Å². The number of aryl methyl sites for hydroxylation is 1. The van der Waals surface area contributed by atoms with E-state index in [9.17, 15) is 28.2 Å². The van der Waals surface area contributed by atoms with Gasteiger partial charge in [-0.05, 0) is 48.9 Å². The molecule has 1 aliphatic rings. The van der Waals surface area contributed by atoms with Gasteiger partial charge < -0.3 is 25.3 Å². The van der Waals surface area contributed by atoms with Crippen molar-refractivity contribution in [1.82, 2.24) is 24.4 Å². The minimum absolute atomic E-state index is 0.0720. The number of amides is 3. The van der Waals surface area contributed by atoms with Crippen LogP contribution in [0.2, 0.25) is 0 Å². The molecule has 11 nitrogen and oxygen atoms in total. The third kappa shape index (κ3) is 9.32. The van der Waals surface area contributed by atoms with E-state index in [1.807, 2.05) is 70.3 Å². The summed E-state index contributed by atoms with van der Waals surface area (Å²) in [6, 6.07) is 11.5. The van der Waals surface area contributed by atoms with E-state index in [2.05, 4.69) is 26.2 Å². The molecule has 0 radical (unpaired) electrons. The molecule has 4 rings (SSSR count). The number of aromatic hydroxyl groups is 1. The van der Waals surface area contributed by atoms with Crippen LogP contribution in [0.3, 0.4) is 0 Å². The van der Waals surface area contributed by atoms with Crippen molar-refractivity contribution in [3.05, 3.63) is 74.6 Å². The molecule has 256 valence electrons. The smallest absolute Gasteiger partial charge is 0.321 e. The number of aromatic nitrogens is 1. The Labute approximate surface area is 289 Å². The summed E-state index contributed by atoms with van der Waals surface area (Å²) in [6.07, 6.45) is -1.10. The number of rotatable bonds is 15. The maximum absolute atomic E-state index is 14.0. The molecule has 0 bridgehead atoms. The van der Waals surface area contributed by atoms with E-state index < -0.39 is 39.9 Å². The number of phenolic OH excluding ortho intramolecular Hbond substituents is 1. The van der Waals surface area contributed by atoms with Crippen molar-refractivity contribution in [2.45, 2.75) is 70.7 Å². The number of thiazole rings is 1. The lowest BCUT2D eigenvalue weighted by Crippen LogP contribution is -2.57. The maximum atomic E-state index is 14.0. The molecule has 0 unspecified atom stereocenters. The molecule has 1 aliphatic heterocycles. The summed E-state index contributed by atoms with van der Waals surface area (Å²) in [5, 5.41) is 28.0. The van der Waals surface area contributed by atoms with Gasteiger partial charge in [0.25, 0.3) is 0 Å². The van der Waals surface area contributed by atoms with Crippen molar-refractivity contribution in [3.63, 3.8) is 0 Å². The van der Waals surface area contributed by atoms with Crippen LogP contribution in [0.25, 0.3) is 0 Å². The van der Waals surface area contributed by atoms with Gasteiger partial charge in [-0.25, -0.2) is 18.2 Å². The Bertz CT molecular complexity index is 1640. The number of halogens is 1. The molecule has 47 heavy (non-hydrogen) atoms. The topological polar surface area (TPSA) is 143 Å². The van der Waals surface area contributed by atoms with Crippen LogP contribution >= 0.6 is 27.3 Å². The van der Waals surface area contributed by atoms with Gasteiger partial charge in [-0.2, -0.15) is 4.31 Å². The highest BCUT2D eigenvalue weighted by molar-refractivity contribution is 9.10. The molecule has 1 fully saturated rings. The van der Waals surface area contributed by atoms with Gasteiger partial charge in [0, 0.05) is 36.0 Å². The molecule has 3 N–H and O–H groups in total. The van der Waals surface area contributed by atoms with Crippen molar-refractivity contribution in [1.29, 1.82) is 0 Å². The summed E-state index contributed by atoms with van der Waals surface area (Å²) in [5.74, 6) is -1.18. The molecule has 2 heterocycles. The van der Waals surface area contributed by atoms with Gasteiger partial charge in [-0.15, -0.1) is 11.3 Å². The summed E-state index contributed by atoms with van der Waals surface area (Å²) in [7, 11) is -4.24. The van der Waals surface area contributed by atoms with Crippen LogP contribution in [0.1, 0.15) is 44.0 Å². The van der Waals surface area contributed by atoms with Crippen LogP contribution in [-0.2, 0) is 27.8 Å². The van der Waals surface area contributed by atoms with Gasteiger partial charge in [-0.1, -0.05) is 74.0 Å². The van der Waals surface area contributed by atoms with Gasteiger partial charge in [0.1, 0.15) is 16.7 Å². The van der Waals surface area contributed by atoms with Crippen LogP contribution in [0, 0.1) is 18.8 Å². The minimum atomic E-state index is -4.24. The number of carbonyl (C=O) groups excluding carboxylic acids is 2. The lowest BCUT2D eigenvalue weighted by Gasteiger charge is -2.34. The van der Waals surface area contributed by atoms with Crippen molar-refractivity contribution < 1.29 is 28.2 Å². The van der Waals surface area contributed by atoms with E-state index in [4.69, 9.17) is 0 Å². The Morgan fingerprint density at radius 1 is 1.11 bits per heavy atom. The number of benzene rings is 2. The van der Waals surface area contributed by atoms with Gasteiger partial charge in [0.2, 0.25) is 15.9 Å². The van der Waals surface area contributed by atoms with E-state index in [0.717, 1.165) is 20.6 Å². The molecule has 3 atom stereocenters. The van der Waals surface area contributed by atoms with Crippen LogP contribution in [0.5, 0.6) is 5.75 Å². The second kappa shape index (κ2) is 15.9. The summed E-state index contributed by atoms with van der Waals surface area (Å²) in [5.41, 5.74) is 1.64. The molecule has 0 aliphatic carbocycles. The first kappa shape index (κ1) is 36.8. The summed E-state index contributed by atoms with van der Waals surface area (Å²) in [4.78, 5) is 35.0. The number of sulfonamides is 1. The number of nitrogens with zero attached hydrogens (tertiary/aromatic N) is 4. The van der Waals surface area contributed by atoms with Crippen LogP contribution in [0.15, 0.2) is 63.3 Å². The van der Waals surface area contributed by atoms with Gasteiger partial charge >= 0.3 is 6.03 Å². The monoisotopic (exact) mass is 749 g/mol. The largest absolute Gasteiger partial charge is 0.507 e. The normalized spacial score (nSPS) is 15.9. The van der Waals surface area contributed by atoms with Crippen molar-refractivity contribution in [2.24, 2.45) is 11.8 Å². The molecule has 3 amide bonds. The van der Waals surface area contributed by atoms with E-state index >= 15 is 0 Å². The highest BCUT2D eigenvalue weighted by atomic mass is 79.9. The van der Waals surface area contributed by atoms with E-state index in [1.54, 1.807) is 9.80 Å². The van der Waals surface area contributed by atoms with Crippen molar-refractivity contribution in [2.75, 3.05) is 26.2 Å². The first-order chi connectivity index (χ1) is 22.2. The quantitative estimate of drug-likeness (QED) is 0.206. The number of aliphatic hydroxyl groups excluding tert-OH is 1. The third-order valence-corrected chi connectivity index (χ3v) is 11.1. The highest BCUT2D eigenvalue weighted by Crippen LogP contribution is 2.30. The zero-order valence-corrected chi connectivity index (χ0v) is 30.6. The Kier molecular flexibility index (Phi) is 12.5. The zero-order valence-electron chi connectivity index (χ0n) is 27.3. The average Bonchev–Trinajstić information content (AvgIpc) is 3.58. The summed E-state index contributed by atoms with van der Waals surface area (Å²) >= 11 is 4.80. The minimum Gasteiger partial charge on any atom is -0.507 e. The summed E-state index contributed by atoms with van der Waals surface area (Å²) < 4.78 is 29.3. The molecule has 1 saturated heterocycles. The SMILES string of the molecule is Cc1nc(CN2CCN([C@H](C(=O)N[C@@H](Cc3ccccc3)[C@@H](O)CN(CC(C)C)S(=O)(=O)c3cc(Br)ccc3O)C(C)C)C2=O)cs1. The molecule has 0 spiro atoms. The fourth-order valence-corrected chi connectivity index (χ4v) is 8.60. The molecule has 3 aromatic rings. The lowest BCUT2D eigenvalue weighted by atomic mass is 9.97. The highest BCUT2D eigenvalue weighted by Gasteiger charge is 2.41. The average molecular weight is 751 g/mol. The lowest BCUT2D eigenvalue weighted by molar-refractivity contribution is -0.128. The second-order valence-corrected chi connectivity index (χ2v) is 16.5. The molecule has 2 aromatic carbocycles. The predicted octanol–water partition coefficient (Wildman–Crippen LogP) is 4.62. The number of carbonyl (C=O) groups is 2. The van der Waals surface area contributed by atoms with E-state index in [1.165, 1.54) is 29.5 Å². The first-order valence-corrected chi connectivity index (χ1v) is 18.8. The number of hydrogen-bond acceptors (Lipinski definition) is 8. The van der Waals surface area contributed by atoms with Crippen LogP contribution in [-0.4, -0.2) is 94.0 Å². The van der Waals surface area contributed by atoms with Gasteiger partial charge in [0.05, 0.1) is 29.4 Å². The van der Waals surface area contributed by atoms with E-state index in [-0.39, 0.29) is 42.3 Å². The molecule has 14 heteroatoms. The summed E-state index contributed by atoms with van der Waals surface area (Å²) in [6.45, 7) is 10.3. The van der Waals surface area contributed by atoms with E-state index in [0.29, 0.717) is 24.1 Å². The Hall–Kier alpha value is -3.04. The molecule has 1 aromatic heterocycles. The first-order valence-electron chi connectivity index (χ1n) is 15.6. The third-order valence-electron chi connectivity index (χ3n) is 7.97. The molecular weight excluding hydrogens is 706 g/mol. The number of hydrogen-bond donors (Lipinski definition) is 3. The molecular formula is C33H44BrN5O6S2. The number of aliphatic hydroxyl groups is 1. The fraction of sp³-hybridized carbons (Fsp3) is 0.485. The number of nitrogens with one attached hydrogen (secondary N) is 1. The number of urea groups is 1. The Morgan fingerprint density at radius 3 is 2.43 bits per heavy atom. The van der Waals surface area contributed by atoms with Crippen LogP contribution in [0.4, 0.5) is 4.79 Å². The standard InChI is InChI=1S/C33H44BrN5O6S2/c1-21(2)17-38(47(44,45)30-16-25(34)11-12-28(30)40)19-29(41)27(15-24-9-7-6-8-10-24)36-32(42)31(22(3)4)39-14-13-37(33(39)43)18-26-20-46-23(5)35-26/h6-12,16,20-22,27,29,31,40-41H,13-15,17-19H2,1-5H3,(H,36,42)/t27-,29-,31-/m0/s1. The maximum Gasteiger partial charge on any atom is 0.321 e. The Balaban J connectivity index is 1.59. The Morgan fingerprint density at radius 2 is 1.81 bits per heavy atom. The number of phenols is 1. The van der Waals surface area contributed by atoms with Gasteiger partial charge in [0.15, 0.2) is 0 Å². The predicted molar refractivity (Wildman–Crippen MR) is 185 cm³/mol. The fourth-order valence-electron chi connectivity index (χ4n) is 5.75. The van der Waals surface area contributed by atoms with Crippen LogP contribution < -0.4 is 5.32 Å². The van der Waals surface area contributed by atoms with Crippen molar-refractivity contribution >= 4 is 49.2 Å².